The number of nitrogens with one attached hydrogen (secondary N) is 1. The number of carbonyl (C=O) groups excluding carboxylic acids is 1. The molecule has 0 saturated carbocycles. The number of aliphatic hydroxyl groups is 1. The minimum Gasteiger partial charge on any atom is -0.421 e. The number of aromatic nitrogens is 2. The molecule has 2 aromatic carbocycles. The third-order valence-electron chi connectivity index (χ3n) is 3.29. The first kappa shape index (κ1) is 14.9. The fourth-order valence-corrected chi connectivity index (χ4v) is 2.11. The molecule has 6 nitrogen and oxygen atoms in total. The Hall–Kier alpha value is -2.99. The topological polar surface area (TPSA) is 88.2 Å². The van der Waals surface area contributed by atoms with E-state index in [1.165, 1.54) is 0 Å². The first-order valence-corrected chi connectivity index (χ1v) is 7.08. The molecule has 23 heavy (non-hydrogen) atoms. The second kappa shape index (κ2) is 6.41. The third-order valence-corrected chi connectivity index (χ3v) is 3.29. The number of amides is 1. The van der Waals surface area contributed by atoms with Crippen molar-refractivity contribution < 1.29 is 14.3 Å². The zero-order valence-corrected chi connectivity index (χ0v) is 12.4. The monoisotopic (exact) mass is 309 g/mol. The fourth-order valence-electron chi connectivity index (χ4n) is 2.11. The summed E-state index contributed by atoms with van der Waals surface area (Å²) >= 11 is 0. The van der Waals surface area contributed by atoms with Gasteiger partial charge in [-0.05, 0) is 29.8 Å². The van der Waals surface area contributed by atoms with Gasteiger partial charge in [0, 0.05) is 18.2 Å². The lowest BCUT2D eigenvalue weighted by molar-refractivity contribution is -0.124. The SMILES string of the molecule is Cc1nnc(-c2ccc(NC(=O)C(O)c3ccccc3)cc2)o1. The second-order valence-corrected chi connectivity index (χ2v) is 5.01. The number of hydrogen-bond donors (Lipinski definition) is 2. The van der Waals surface area contributed by atoms with Crippen molar-refractivity contribution in [3.8, 4) is 11.5 Å². The highest BCUT2D eigenvalue weighted by Crippen LogP contribution is 2.21. The van der Waals surface area contributed by atoms with E-state index in [0.29, 0.717) is 23.0 Å². The molecular weight excluding hydrogens is 294 g/mol. The predicted octanol–water partition coefficient (Wildman–Crippen LogP) is 2.72. The molecule has 0 aliphatic rings. The number of aryl methyl sites for hydroxylation is 1. The van der Waals surface area contributed by atoms with Gasteiger partial charge in [-0.1, -0.05) is 30.3 Å². The van der Waals surface area contributed by atoms with Gasteiger partial charge in [0.05, 0.1) is 0 Å². The zero-order chi connectivity index (χ0) is 16.2. The molecule has 3 aromatic rings. The van der Waals surface area contributed by atoms with Crippen LogP contribution in [0.1, 0.15) is 17.6 Å². The van der Waals surface area contributed by atoms with E-state index in [1.54, 1.807) is 55.5 Å². The molecule has 1 unspecified atom stereocenters. The van der Waals surface area contributed by atoms with Crippen molar-refractivity contribution in [3.63, 3.8) is 0 Å². The summed E-state index contributed by atoms with van der Waals surface area (Å²) in [6.07, 6.45) is -1.21. The number of anilines is 1. The van der Waals surface area contributed by atoms with Gasteiger partial charge in [-0.25, -0.2) is 0 Å². The Labute approximate surface area is 132 Å². The maximum Gasteiger partial charge on any atom is 0.257 e. The molecule has 1 aromatic heterocycles. The van der Waals surface area contributed by atoms with Gasteiger partial charge in [0.15, 0.2) is 6.10 Å². The van der Waals surface area contributed by atoms with Gasteiger partial charge < -0.3 is 14.8 Å². The summed E-state index contributed by atoms with van der Waals surface area (Å²) in [6, 6.07) is 15.7. The zero-order valence-electron chi connectivity index (χ0n) is 12.4. The van der Waals surface area contributed by atoms with Crippen LogP contribution in [0, 0.1) is 6.92 Å². The number of aliphatic hydroxyl groups excluding tert-OH is 1. The maximum atomic E-state index is 12.1. The Kier molecular flexibility index (Phi) is 4.16. The smallest absolute Gasteiger partial charge is 0.257 e. The first-order valence-electron chi connectivity index (χ1n) is 7.08. The second-order valence-electron chi connectivity index (χ2n) is 5.01. The van der Waals surface area contributed by atoms with Crippen LogP contribution in [0.5, 0.6) is 0 Å². The molecule has 1 atom stereocenters. The molecule has 6 heteroatoms. The van der Waals surface area contributed by atoms with Crippen LogP contribution in [0.15, 0.2) is 59.0 Å². The lowest BCUT2D eigenvalue weighted by Gasteiger charge is -2.11. The molecule has 0 aliphatic carbocycles. The van der Waals surface area contributed by atoms with E-state index in [1.807, 2.05) is 6.07 Å². The molecule has 0 spiro atoms. The van der Waals surface area contributed by atoms with Gasteiger partial charge in [-0.2, -0.15) is 0 Å². The van der Waals surface area contributed by atoms with Crippen LogP contribution in [0.3, 0.4) is 0 Å². The van der Waals surface area contributed by atoms with Crippen LogP contribution in [0.4, 0.5) is 5.69 Å². The standard InChI is InChI=1S/C17H15N3O3/c1-11-19-20-17(23-11)13-7-9-14(10-8-13)18-16(22)15(21)12-5-3-2-4-6-12/h2-10,15,21H,1H3,(H,18,22). The van der Waals surface area contributed by atoms with E-state index in [2.05, 4.69) is 15.5 Å². The van der Waals surface area contributed by atoms with E-state index >= 15 is 0 Å². The summed E-state index contributed by atoms with van der Waals surface area (Å²) in [4.78, 5) is 12.1. The summed E-state index contributed by atoms with van der Waals surface area (Å²) < 4.78 is 5.34. The van der Waals surface area contributed by atoms with Crippen LogP contribution in [0.2, 0.25) is 0 Å². The van der Waals surface area contributed by atoms with Crippen molar-refractivity contribution in [3.05, 3.63) is 66.1 Å². The molecule has 0 fully saturated rings. The highest BCUT2D eigenvalue weighted by atomic mass is 16.4. The van der Waals surface area contributed by atoms with Gasteiger partial charge in [0.2, 0.25) is 11.8 Å². The minimum absolute atomic E-state index is 0.421. The Morgan fingerprint density at radius 2 is 1.78 bits per heavy atom. The van der Waals surface area contributed by atoms with Gasteiger partial charge in [-0.3, -0.25) is 4.79 Å². The Morgan fingerprint density at radius 3 is 2.39 bits per heavy atom. The van der Waals surface area contributed by atoms with Crippen molar-refractivity contribution in [1.82, 2.24) is 10.2 Å². The maximum absolute atomic E-state index is 12.1. The van der Waals surface area contributed by atoms with E-state index < -0.39 is 12.0 Å². The summed E-state index contributed by atoms with van der Waals surface area (Å²) in [6.45, 7) is 1.72. The van der Waals surface area contributed by atoms with Gasteiger partial charge >= 0.3 is 0 Å². The van der Waals surface area contributed by atoms with E-state index in [4.69, 9.17) is 4.42 Å². The van der Waals surface area contributed by atoms with E-state index in [9.17, 15) is 9.90 Å². The molecule has 0 aliphatic heterocycles. The van der Waals surface area contributed by atoms with Crippen molar-refractivity contribution in [1.29, 1.82) is 0 Å². The van der Waals surface area contributed by atoms with Gasteiger partial charge in [-0.15, -0.1) is 10.2 Å². The van der Waals surface area contributed by atoms with Crippen molar-refractivity contribution in [2.24, 2.45) is 0 Å². The number of nitrogens with zero attached hydrogens (tertiary/aromatic N) is 2. The molecule has 1 heterocycles. The molecule has 0 bridgehead atoms. The molecular formula is C17H15N3O3. The van der Waals surface area contributed by atoms with Crippen LogP contribution < -0.4 is 5.32 Å². The molecule has 3 rings (SSSR count). The quantitative estimate of drug-likeness (QED) is 0.773. The van der Waals surface area contributed by atoms with Crippen molar-refractivity contribution >= 4 is 11.6 Å². The molecule has 1 amide bonds. The average Bonchev–Trinajstić information content (AvgIpc) is 3.02. The fraction of sp³-hybridized carbons (Fsp3) is 0.118. The molecule has 2 N–H and O–H groups in total. The molecule has 116 valence electrons. The van der Waals surface area contributed by atoms with E-state index in [0.717, 1.165) is 5.56 Å². The average molecular weight is 309 g/mol. The van der Waals surface area contributed by atoms with Crippen LogP contribution >= 0.6 is 0 Å². The normalized spacial score (nSPS) is 11.9. The Balaban J connectivity index is 1.69. The van der Waals surface area contributed by atoms with Crippen LogP contribution in [-0.2, 0) is 4.79 Å². The predicted molar refractivity (Wildman–Crippen MR) is 84.5 cm³/mol. The first-order chi connectivity index (χ1) is 11.1. The highest BCUT2D eigenvalue weighted by Gasteiger charge is 2.17. The largest absolute Gasteiger partial charge is 0.421 e. The molecule has 0 saturated heterocycles. The number of hydrogen-bond acceptors (Lipinski definition) is 5. The highest BCUT2D eigenvalue weighted by molar-refractivity contribution is 5.94. The third kappa shape index (κ3) is 3.44. The lowest BCUT2D eigenvalue weighted by Crippen LogP contribution is -2.20. The van der Waals surface area contributed by atoms with Crippen LogP contribution in [0.25, 0.3) is 11.5 Å². The molecule has 0 radical (unpaired) electrons. The minimum atomic E-state index is -1.21. The Bertz CT molecular complexity index is 797. The van der Waals surface area contributed by atoms with Crippen molar-refractivity contribution in [2.75, 3.05) is 5.32 Å². The van der Waals surface area contributed by atoms with E-state index in [-0.39, 0.29) is 0 Å². The van der Waals surface area contributed by atoms with Crippen LogP contribution in [-0.4, -0.2) is 21.2 Å². The Morgan fingerprint density at radius 1 is 1.09 bits per heavy atom. The number of benzene rings is 2. The van der Waals surface area contributed by atoms with Crippen molar-refractivity contribution in [2.45, 2.75) is 13.0 Å². The summed E-state index contributed by atoms with van der Waals surface area (Å²) in [7, 11) is 0. The van der Waals surface area contributed by atoms with Gasteiger partial charge in [0.1, 0.15) is 0 Å². The number of carbonyl (C=O) groups is 1. The summed E-state index contributed by atoms with van der Waals surface area (Å²) in [5.74, 6) is 0.422. The van der Waals surface area contributed by atoms with Gasteiger partial charge in [0.25, 0.3) is 5.91 Å². The summed E-state index contributed by atoms with van der Waals surface area (Å²) in [5.41, 5.74) is 1.88. The lowest BCUT2D eigenvalue weighted by atomic mass is 10.1. The number of rotatable bonds is 4. The summed E-state index contributed by atoms with van der Waals surface area (Å²) in [5, 5.41) is 20.4.